The van der Waals surface area contributed by atoms with E-state index in [-0.39, 0.29) is 0 Å². The molecule has 0 aromatic heterocycles. The smallest absolute Gasteiger partial charge is 0.0236 e. The quantitative estimate of drug-likeness (QED) is 0.795. The van der Waals surface area contributed by atoms with Crippen LogP contribution in [0.2, 0.25) is 0 Å². The predicted molar refractivity (Wildman–Crippen MR) is 59.2 cm³/mol. The van der Waals surface area contributed by atoms with Gasteiger partial charge in [0.25, 0.3) is 0 Å². The SMILES string of the molecule is Cc1ccc(C2CNC2)c(C)c1Br. The molecule has 1 aliphatic heterocycles. The number of hydrogen-bond donors (Lipinski definition) is 1. The zero-order valence-corrected chi connectivity index (χ0v) is 9.61. The topological polar surface area (TPSA) is 12.0 Å². The number of halogens is 1. The first kappa shape index (κ1) is 9.22. The highest BCUT2D eigenvalue weighted by Gasteiger charge is 2.21. The van der Waals surface area contributed by atoms with Crippen LogP contribution >= 0.6 is 15.9 Å². The van der Waals surface area contributed by atoms with Gasteiger partial charge >= 0.3 is 0 Å². The van der Waals surface area contributed by atoms with Crippen LogP contribution in [-0.2, 0) is 0 Å². The summed E-state index contributed by atoms with van der Waals surface area (Å²) in [7, 11) is 0. The molecule has 70 valence electrons. The van der Waals surface area contributed by atoms with E-state index in [9.17, 15) is 0 Å². The largest absolute Gasteiger partial charge is 0.315 e. The van der Waals surface area contributed by atoms with Crippen LogP contribution in [0.1, 0.15) is 22.6 Å². The Kier molecular flexibility index (Phi) is 2.43. The fraction of sp³-hybridized carbons (Fsp3) is 0.455. The zero-order valence-electron chi connectivity index (χ0n) is 8.02. The van der Waals surface area contributed by atoms with Crippen molar-refractivity contribution in [1.29, 1.82) is 0 Å². The lowest BCUT2D eigenvalue weighted by Crippen LogP contribution is -2.40. The molecule has 0 unspecified atom stereocenters. The van der Waals surface area contributed by atoms with Gasteiger partial charge < -0.3 is 5.32 Å². The van der Waals surface area contributed by atoms with Gasteiger partial charge in [0, 0.05) is 23.5 Å². The van der Waals surface area contributed by atoms with Crippen LogP contribution in [0.15, 0.2) is 16.6 Å². The molecule has 0 amide bonds. The standard InChI is InChI=1S/C11H14BrN/c1-7-3-4-10(8(2)11(7)12)9-5-13-6-9/h3-4,9,13H,5-6H2,1-2H3. The highest BCUT2D eigenvalue weighted by Crippen LogP contribution is 2.30. The lowest BCUT2D eigenvalue weighted by Gasteiger charge is -2.29. The first-order valence-corrected chi connectivity index (χ1v) is 5.45. The molecule has 1 nitrogen and oxygen atoms in total. The van der Waals surface area contributed by atoms with Gasteiger partial charge in [0.2, 0.25) is 0 Å². The van der Waals surface area contributed by atoms with Crippen LogP contribution in [-0.4, -0.2) is 13.1 Å². The van der Waals surface area contributed by atoms with E-state index < -0.39 is 0 Å². The number of rotatable bonds is 1. The van der Waals surface area contributed by atoms with Gasteiger partial charge in [-0.25, -0.2) is 0 Å². The van der Waals surface area contributed by atoms with E-state index in [1.165, 1.54) is 21.2 Å². The Morgan fingerprint density at radius 1 is 1.31 bits per heavy atom. The van der Waals surface area contributed by atoms with E-state index in [2.05, 4.69) is 47.2 Å². The average molecular weight is 240 g/mol. The van der Waals surface area contributed by atoms with Gasteiger partial charge in [0.15, 0.2) is 0 Å². The highest BCUT2D eigenvalue weighted by molar-refractivity contribution is 9.10. The normalized spacial score (nSPS) is 17.2. The second kappa shape index (κ2) is 3.43. The maximum Gasteiger partial charge on any atom is 0.0236 e. The monoisotopic (exact) mass is 239 g/mol. The van der Waals surface area contributed by atoms with E-state index in [4.69, 9.17) is 0 Å². The molecule has 2 heteroatoms. The Morgan fingerprint density at radius 2 is 2.00 bits per heavy atom. The summed E-state index contributed by atoms with van der Waals surface area (Å²) in [5, 5.41) is 3.31. The molecule has 1 aromatic rings. The Hall–Kier alpha value is -0.340. The number of hydrogen-bond acceptors (Lipinski definition) is 1. The molecular weight excluding hydrogens is 226 g/mol. The number of aryl methyl sites for hydroxylation is 1. The second-order valence-electron chi connectivity index (χ2n) is 3.77. The van der Waals surface area contributed by atoms with Crippen LogP contribution in [0.4, 0.5) is 0 Å². The molecule has 0 bridgehead atoms. The predicted octanol–water partition coefficient (Wildman–Crippen LogP) is 2.75. The van der Waals surface area contributed by atoms with Crippen LogP contribution in [0.25, 0.3) is 0 Å². The van der Waals surface area contributed by atoms with E-state index in [0.29, 0.717) is 0 Å². The Bertz CT molecular complexity index is 329. The summed E-state index contributed by atoms with van der Waals surface area (Å²) in [6, 6.07) is 4.46. The Balaban J connectivity index is 2.41. The van der Waals surface area contributed by atoms with E-state index >= 15 is 0 Å². The molecule has 1 saturated heterocycles. The lowest BCUT2D eigenvalue weighted by molar-refractivity contribution is 0.446. The second-order valence-corrected chi connectivity index (χ2v) is 4.56. The van der Waals surface area contributed by atoms with Crippen LogP contribution in [0, 0.1) is 13.8 Å². The highest BCUT2D eigenvalue weighted by atomic mass is 79.9. The fourth-order valence-electron chi connectivity index (χ4n) is 1.79. The third-order valence-electron chi connectivity index (χ3n) is 2.84. The first-order chi connectivity index (χ1) is 6.20. The molecule has 0 aliphatic carbocycles. The maximum absolute atomic E-state index is 3.63. The number of nitrogens with one attached hydrogen (secondary N) is 1. The summed E-state index contributed by atoms with van der Waals surface area (Å²) < 4.78 is 1.27. The molecule has 0 spiro atoms. The molecule has 2 rings (SSSR count). The zero-order chi connectivity index (χ0) is 9.42. The van der Waals surface area contributed by atoms with Crippen molar-refractivity contribution in [2.45, 2.75) is 19.8 Å². The molecule has 1 heterocycles. The minimum Gasteiger partial charge on any atom is -0.315 e. The van der Waals surface area contributed by atoms with Crippen molar-refractivity contribution in [3.8, 4) is 0 Å². The third-order valence-corrected chi connectivity index (χ3v) is 4.06. The molecule has 13 heavy (non-hydrogen) atoms. The Morgan fingerprint density at radius 3 is 2.54 bits per heavy atom. The summed E-state index contributed by atoms with van der Waals surface area (Å²) in [6.07, 6.45) is 0. The van der Waals surface area contributed by atoms with Crippen molar-refractivity contribution in [2.75, 3.05) is 13.1 Å². The number of benzene rings is 1. The molecule has 0 saturated carbocycles. The van der Waals surface area contributed by atoms with Crippen molar-refractivity contribution < 1.29 is 0 Å². The lowest BCUT2D eigenvalue weighted by atomic mass is 9.89. The van der Waals surface area contributed by atoms with Crippen molar-refractivity contribution in [3.63, 3.8) is 0 Å². The fourth-order valence-corrected chi connectivity index (χ4v) is 2.15. The summed E-state index contributed by atoms with van der Waals surface area (Å²) in [6.45, 7) is 6.61. The van der Waals surface area contributed by atoms with Crippen LogP contribution in [0.3, 0.4) is 0 Å². The van der Waals surface area contributed by atoms with E-state index in [1.54, 1.807) is 0 Å². The Labute approximate surface area is 87.7 Å². The van der Waals surface area contributed by atoms with Crippen LogP contribution < -0.4 is 5.32 Å². The van der Waals surface area contributed by atoms with Crippen LogP contribution in [0.5, 0.6) is 0 Å². The van der Waals surface area contributed by atoms with Crippen molar-refractivity contribution in [2.24, 2.45) is 0 Å². The summed E-state index contributed by atoms with van der Waals surface area (Å²) in [5.41, 5.74) is 4.23. The van der Waals surface area contributed by atoms with Gasteiger partial charge in [0.05, 0.1) is 0 Å². The first-order valence-electron chi connectivity index (χ1n) is 4.66. The molecule has 1 aliphatic rings. The summed E-state index contributed by atoms with van der Waals surface area (Å²) in [5.74, 6) is 0.733. The molecule has 1 aromatic carbocycles. The van der Waals surface area contributed by atoms with Gasteiger partial charge in [-0.1, -0.05) is 28.1 Å². The molecule has 0 atom stereocenters. The summed E-state index contributed by atoms with van der Waals surface area (Å²) in [4.78, 5) is 0. The van der Waals surface area contributed by atoms with Gasteiger partial charge in [0.1, 0.15) is 0 Å². The van der Waals surface area contributed by atoms with Crippen molar-refractivity contribution in [1.82, 2.24) is 5.32 Å². The molecule has 0 radical (unpaired) electrons. The molecule has 1 fully saturated rings. The van der Waals surface area contributed by atoms with Crippen molar-refractivity contribution >= 4 is 15.9 Å². The van der Waals surface area contributed by atoms with E-state index in [0.717, 1.165) is 19.0 Å². The minimum absolute atomic E-state index is 0.733. The summed E-state index contributed by atoms with van der Waals surface area (Å²) >= 11 is 3.63. The molecule has 1 N–H and O–H groups in total. The minimum atomic E-state index is 0.733. The van der Waals surface area contributed by atoms with Gasteiger partial charge in [-0.3, -0.25) is 0 Å². The average Bonchev–Trinajstić information content (AvgIpc) is 2.03. The third kappa shape index (κ3) is 1.53. The van der Waals surface area contributed by atoms with Crippen molar-refractivity contribution in [3.05, 3.63) is 33.3 Å². The molecular formula is C11H14BrN. The maximum atomic E-state index is 3.63. The van der Waals surface area contributed by atoms with Gasteiger partial charge in [-0.2, -0.15) is 0 Å². The van der Waals surface area contributed by atoms with Gasteiger partial charge in [-0.05, 0) is 30.5 Å². The van der Waals surface area contributed by atoms with Gasteiger partial charge in [-0.15, -0.1) is 0 Å². The van der Waals surface area contributed by atoms with E-state index in [1.807, 2.05) is 0 Å².